The first kappa shape index (κ1) is 23.0. The maximum atomic E-state index is 12.8. The van der Waals surface area contributed by atoms with E-state index in [-0.39, 0.29) is 35.4 Å². The van der Waals surface area contributed by atoms with Crippen LogP contribution in [0.3, 0.4) is 0 Å². The Kier molecular flexibility index (Phi) is 10.9. The molecule has 1 aromatic rings. The number of unbranched alkanes of at least 4 members (excludes halogenated alkanes) is 1. The lowest BCUT2D eigenvalue weighted by Crippen LogP contribution is -2.39. The number of halogens is 2. The molecule has 0 aromatic heterocycles. The summed E-state index contributed by atoms with van der Waals surface area (Å²) >= 11 is 0. The average Bonchev–Trinajstić information content (AvgIpc) is 3.04. The van der Waals surface area contributed by atoms with Crippen molar-refractivity contribution in [3.8, 4) is 5.75 Å². The van der Waals surface area contributed by atoms with Crippen molar-refractivity contribution in [3.05, 3.63) is 30.1 Å². The molecule has 1 aliphatic rings. The first-order valence-corrected chi connectivity index (χ1v) is 9.16. The Morgan fingerprint density at radius 2 is 2.04 bits per heavy atom. The Bertz CT molecular complexity index is 534. The molecule has 7 heteroatoms. The Hall–Kier alpha value is -1.09. The van der Waals surface area contributed by atoms with Crippen LogP contribution in [0.2, 0.25) is 0 Å². The number of hydrogen-bond donors (Lipinski definition) is 2. The molecule has 1 atom stereocenters. The van der Waals surface area contributed by atoms with Gasteiger partial charge >= 0.3 is 0 Å². The van der Waals surface area contributed by atoms with Crippen LogP contribution in [0.4, 0.5) is 4.39 Å². The van der Waals surface area contributed by atoms with Crippen molar-refractivity contribution in [1.29, 1.82) is 0 Å². The number of aliphatic imine (C=N–C) groups is 1. The van der Waals surface area contributed by atoms with Gasteiger partial charge < -0.3 is 20.1 Å². The van der Waals surface area contributed by atoms with Gasteiger partial charge in [0, 0.05) is 19.7 Å². The van der Waals surface area contributed by atoms with Crippen molar-refractivity contribution < 1.29 is 13.9 Å². The smallest absolute Gasteiger partial charge is 0.191 e. The topological polar surface area (TPSA) is 54.9 Å². The molecule has 0 radical (unpaired) electrons. The van der Waals surface area contributed by atoms with Crippen LogP contribution >= 0.6 is 24.0 Å². The van der Waals surface area contributed by atoms with Gasteiger partial charge in [0.25, 0.3) is 0 Å². The van der Waals surface area contributed by atoms with E-state index in [9.17, 15) is 4.39 Å². The van der Waals surface area contributed by atoms with E-state index in [2.05, 4.69) is 29.5 Å². The molecule has 0 aliphatic carbocycles. The maximum absolute atomic E-state index is 12.8. The van der Waals surface area contributed by atoms with Crippen LogP contribution in [0.5, 0.6) is 5.75 Å². The predicted octanol–water partition coefficient (Wildman–Crippen LogP) is 3.73. The first-order valence-electron chi connectivity index (χ1n) is 9.16. The normalized spacial score (nSPS) is 19.7. The lowest BCUT2D eigenvalue weighted by Gasteiger charge is -2.21. The summed E-state index contributed by atoms with van der Waals surface area (Å²) in [5.41, 5.74) is -0.120. The molecule has 0 bridgehead atoms. The van der Waals surface area contributed by atoms with Gasteiger partial charge in [0.1, 0.15) is 11.6 Å². The van der Waals surface area contributed by atoms with Crippen molar-refractivity contribution in [1.82, 2.24) is 10.6 Å². The zero-order valence-electron chi connectivity index (χ0n) is 15.7. The molecule has 0 spiro atoms. The molecule has 148 valence electrons. The lowest BCUT2D eigenvalue weighted by atomic mass is 10.0. The monoisotopic (exact) mass is 479 g/mol. The van der Waals surface area contributed by atoms with Crippen molar-refractivity contribution in [2.24, 2.45) is 4.99 Å². The number of guanidine groups is 1. The molecule has 5 nitrogen and oxygen atoms in total. The van der Waals surface area contributed by atoms with Crippen LogP contribution in [-0.2, 0) is 4.74 Å². The molecule has 1 fully saturated rings. The molecule has 26 heavy (non-hydrogen) atoms. The van der Waals surface area contributed by atoms with Crippen LogP contribution in [-0.4, -0.2) is 44.4 Å². The fraction of sp³-hybridized carbons (Fsp3) is 0.632. The van der Waals surface area contributed by atoms with Crippen LogP contribution in [0, 0.1) is 5.82 Å². The summed E-state index contributed by atoms with van der Waals surface area (Å²) in [7, 11) is 0. The van der Waals surface area contributed by atoms with Crippen LogP contribution < -0.4 is 15.4 Å². The molecule has 1 aliphatic heterocycles. The highest BCUT2D eigenvalue weighted by Crippen LogP contribution is 2.24. The van der Waals surface area contributed by atoms with E-state index in [4.69, 9.17) is 9.47 Å². The summed E-state index contributed by atoms with van der Waals surface area (Å²) < 4.78 is 24.2. The Balaban J connectivity index is 0.00000338. The largest absolute Gasteiger partial charge is 0.494 e. The zero-order chi connectivity index (χ0) is 18.0. The highest BCUT2D eigenvalue weighted by Gasteiger charge is 2.29. The minimum absolute atomic E-state index is 0. The summed E-state index contributed by atoms with van der Waals surface area (Å²) in [5, 5.41) is 6.61. The molecule has 0 saturated carbocycles. The second-order valence-electron chi connectivity index (χ2n) is 6.53. The second kappa shape index (κ2) is 12.3. The van der Waals surface area contributed by atoms with Gasteiger partial charge in [-0.25, -0.2) is 4.39 Å². The standard InChI is InChI=1S/C19H30FN3O2.HI/c1-3-21-18(23-15-19(2)11-6-14-25-19)22-12-4-5-13-24-17-9-7-16(20)8-10-17;/h7-10H,3-6,11-15H2,1-2H3,(H2,21,22,23);1H. The van der Waals surface area contributed by atoms with E-state index in [0.717, 1.165) is 51.3 Å². The quantitative estimate of drug-likeness (QED) is 0.245. The Morgan fingerprint density at radius 3 is 2.69 bits per heavy atom. The summed E-state index contributed by atoms with van der Waals surface area (Å²) in [5.74, 6) is 1.29. The molecule has 1 saturated heterocycles. The highest BCUT2D eigenvalue weighted by molar-refractivity contribution is 14.0. The molecular formula is C19H31FIN3O2. The fourth-order valence-corrected chi connectivity index (χ4v) is 2.70. The van der Waals surface area contributed by atoms with Gasteiger partial charge in [-0.2, -0.15) is 0 Å². The van der Waals surface area contributed by atoms with Gasteiger partial charge in [-0.15, -0.1) is 24.0 Å². The first-order chi connectivity index (χ1) is 12.1. The number of benzene rings is 1. The third-order valence-corrected chi connectivity index (χ3v) is 4.16. The third-order valence-electron chi connectivity index (χ3n) is 4.16. The van der Waals surface area contributed by atoms with Crippen LogP contribution in [0.25, 0.3) is 0 Å². The molecule has 1 aromatic carbocycles. The van der Waals surface area contributed by atoms with E-state index >= 15 is 0 Å². The van der Waals surface area contributed by atoms with E-state index in [1.54, 1.807) is 12.1 Å². The number of rotatable bonds is 9. The SMILES string of the molecule is CCNC(=NCC1(C)CCCO1)NCCCCOc1ccc(F)cc1.I. The van der Waals surface area contributed by atoms with Crippen molar-refractivity contribution in [2.45, 2.75) is 45.1 Å². The molecule has 0 amide bonds. The van der Waals surface area contributed by atoms with Crippen molar-refractivity contribution in [3.63, 3.8) is 0 Å². The second-order valence-corrected chi connectivity index (χ2v) is 6.53. The number of nitrogens with zero attached hydrogens (tertiary/aromatic N) is 1. The summed E-state index contributed by atoms with van der Waals surface area (Å²) in [4.78, 5) is 4.64. The van der Waals surface area contributed by atoms with Gasteiger partial charge in [-0.3, -0.25) is 4.99 Å². The third kappa shape index (κ3) is 8.53. The molecular weight excluding hydrogens is 448 g/mol. The Morgan fingerprint density at radius 1 is 1.27 bits per heavy atom. The predicted molar refractivity (Wildman–Crippen MR) is 114 cm³/mol. The number of hydrogen-bond acceptors (Lipinski definition) is 3. The van der Waals surface area contributed by atoms with Gasteiger partial charge in [0.15, 0.2) is 5.96 Å². The summed E-state index contributed by atoms with van der Waals surface area (Å²) in [6.45, 7) is 7.97. The number of nitrogens with one attached hydrogen (secondary N) is 2. The van der Waals surface area contributed by atoms with Crippen LogP contribution in [0.1, 0.15) is 39.5 Å². The molecule has 1 heterocycles. The van der Waals surface area contributed by atoms with E-state index in [0.29, 0.717) is 18.9 Å². The fourth-order valence-electron chi connectivity index (χ4n) is 2.70. The minimum atomic E-state index is -0.247. The van der Waals surface area contributed by atoms with Crippen molar-refractivity contribution in [2.75, 3.05) is 32.8 Å². The summed E-state index contributed by atoms with van der Waals surface area (Å²) in [6.07, 6.45) is 4.07. The molecule has 2 N–H and O–H groups in total. The summed E-state index contributed by atoms with van der Waals surface area (Å²) in [6, 6.07) is 6.11. The van der Waals surface area contributed by atoms with Crippen molar-refractivity contribution >= 4 is 29.9 Å². The maximum Gasteiger partial charge on any atom is 0.191 e. The Labute approximate surface area is 173 Å². The van der Waals surface area contributed by atoms with Gasteiger partial charge in [0.2, 0.25) is 0 Å². The van der Waals surface area contributed by atoms with Gasteiger partial charge in [-0.05, 0) is 63.8 Å². The van der Waals surface area contributed by atoms with Gasteiger partial charge in [-0.1, -0.05) is 0 Å². The molecule has 1 unspecified atom stereocenters. The highest BCUT2D eigenvalue weighted by atomic mass is 127. The lowest BCUT2D eigenvalue weighted by molar-refractivity contribution is 0.0283. The zero-order valence-corrected chi connectivity index (χ0v) is 18.1. The average molecular weight is 479 g/mol. The van der Waals surface area contributed by atoms with Gasteiger partial charge in [0.05, 0.1) is 18.8 Å². The van der Waals surface area contributed by atoms with E-state index in [1.807, 2.05) is 0 Å². The molecule has 2 rings (SSSR count). The van der Waals surface area contributed by atoms with E-state index < -0.39 is 0 Å². The number of ether oxygens (including phenoxy) is 2. The minimum Gasteiger partial charge on any atom is -0.494 e. The van der Waals surface area contributed by atoms with Crippen LogP contribution in [0.15, 0.2) is 29.3 Å². The van der Waals surface area contributed by atoms with E-state index in [1.165, 1.54) is 12.1 Å².